The van der Waals surface area contributed by atoms with Gasteiger partial charge >= 0.3 is 0 Å². The summed E-state index contributed by atoms with van der Waals surface area (Å²) in [6.07, 6.45) is 2.08. The van der Waals surface area contributed by atoms with Crippen molar-refractivity contribution in [3.05, 3.63) is 35.6 Å². The van der Waals surface area contributed by atoms with Crippen LogP contribution in [0.3, 0.4) is 0 Å². The molecule has 0 spiro atoms. The molecule has 0 aliphatic rings. The van der Waals surface area contributed by atoms with Crippen molar-refractivity contribution in [2.75, 3.05) is 0 Å². The summed E-state index contributed by atoms with van der Waals surface area (Å²) >= 11 is 0. The first-order valence-corrected chi connectivity index (χ1v) is 2.69. The van der Waals surface area contributed by atoms with Gasteiger partial charge in [0.05, 0.1) is 0 Å². The fourth-order valence-corrected chi connectivity index (χ4v) is 0.606. The Morgan fingerprint density at radius 2 is 2.10 bits per heavy atom. The zero-order chi connectivity index (χ0) is 7.40. The van der Waals surface area contributed by atoms with Gasteiger partial charge in [-0.25, -0.2) is 4.39 Å². The summed E-state index contributed by atoms with van der Waals surface area (Å²) < 4.78 is 12.5. The number of hydrogen-bond donors (Lipinski definition) is 1. The fourth-order valence-electron chi connectivity index (χ4n) is 0.606. The SMILES string of the molecule is O/N=[C]\c1ccccc1F. The molecule has 0 saturated carbocycles. The van der Waals surface area contributed by atoms with Crippen molar-refractivity contribution in [1.29, 1.82) is 0 Å². The van der Waals surface area contributed by atoms with Crippen LogP contribution >= 0.6 is 0 Å². The average Bonchev–Trinajstić information content (AvgIpc) is 1.94. The van der Waals surface area contributed by atoms with Gasteiger partial charge in [0, 0.05) is 5.56 Å². The van der Waals surface area contributed by atoms with Gasteiger partial charge in [-0.1, -0.05) is 17.3 Å². The summed E-state index contributed by atoms with van der Waals surface area (Å²) in [6.45, 7) is 0. The molecule has 0 heterocycles. The van der Waals surface area contributed by atoms with E-state index in [9.17, 15) is 4.39 Å². The van der Waals surface area contributed by atoms with Crippen molar-refractivity contribution in [1.82, 2.24) is 0 Å². The molecule has 10 heavy (non-hydrogen) atoms. The van der Waals surface area contributed by atoms with Gasteiger partial charge in [-0.15, -0.1) is 0 Å². The smallest absolute Gasteiger partial charge is 0.142 e. The normalized spacial score (nSPS) is 10.5. The van der Waals surface area contributed by atoms with Crippen molar-refractivity contribution in [2.45, 2.75) is 0 Å². The number of benzene rings is 1. The van der Waals surface area contributed by atoms with E-state index in [1.807, 2.05) is 0 Å². The van der Waals surface area contributed by atoms with E-state index in [1.54, 1.807) is 12.1 Å². The fraction of sp³-hybridized carbons (Fsp3) is 0. The maximum Gasteiger partial charge on any atom is 0.142 e. The zero-order valence-corrected chi connectivity index (χ0v) is 5.08. The Balaban J connectivity index is 3.03. The van der Waals surface area contributed by atoms with Crippen molar-refractivity contribution >= 4 is 6.21 Å². The lowest BCUT2D eigenvalue weighted by Crippen LogP contribution is -1.85. The van der Waals surface area contributed by atoms with Crippen LogP contribution in [0.4, 0.5) is 4.39 Å². The molecule has 1 N–H and O–H groups in total. The molecule has 51 valence electrons. The molecule has 0 aliphatic carbocycles. The molecule has 2 nitrogen and oxygen atoms in total. The van der Waals surface area contributed by atoms with Crippen LogP contribution in [0.2, 0.25) is 0 Å². The van der Waals surface area contributed by atoms with Gasteiger partial charge in [-0.2, -0.15) is 0 Å². The van der Waals surface area contributed by atoms with Gasteiger partial charge in [-0.05, 0) is 12.1 Å². The molecule has 0 unspecified atom stereocenters. The van der Waals surface area contributed by atoms with Gasteiger partial charge in [0.15, 0.2) is 0 Å². The van der Waals surface area contributed by atoms with E-state index in [-0.39, 0.29) is 5.56 Å². The molecule has 1 radical (unpaired) electrons. The van der Waals surface area contributed by atoms with Crippen molar-refractivity contribution < 1.29 is 9.60 Å². The van der Waals surface area contributed by atoms with Crippen molar-refractivity contribution in [3.8, 4) is 0 Å². The molecule has 0 aliphatic heterocycles. The topological polar surface area (TPSA) is 32.6 Å². The monoisotopic (exact) mass is 138 g/mol. The second-order valence-electron chi connectivity index (χ2n) is 1.69. The minimum absolute atomic E-state index is 0.157. The molecule has 0 bridgehead atoms. The van der Waals surface area contributed by atoms with E-state index in [2.05, 4.69) is 11.4 Å². The minimum atomic E-state index is -0.444. The third-order valence-electron chi connectivity index (χ3n) is 1.04. The molecule has 1 rings (SSSR count). The Morgan fingerprint density at radius 3 is 2.70 bits per heavy atom. The number of rotatable bonds is 1. The van der Waals surface area contributed by atoms with Crippen LogP contribution in [0, 0.1) is 5.82 Å². The number of nitrogens with zero attached hydrogens (tertiary/aromatic N) is 1. The Bertz CT molecular complexity index is 247. The van der Waals surface area contributed by atoms with E-state index >= 15 is 0 Å². The standard InChI is InChI=1S/C7H5FNO/c8-7-4-2-1-3-6(7)5-9-10/h1-4,10H. The molecule has 1 aromatic rings. The molecule has 0 amide bonds. The average molecular weight is 138 g/mol. The summed E-state index contributed by atoms with van der Waals surface area (Å²) in [5.74, 6) is -0.444. The summed E-state index contributed by atoms with van der Waals surface area (Å²) in [6, 6.07) is 5.93. The second kappa shape index (κ2) is 2.96. The highest BCUT2D eigenvalue weighted by molar-refractivity contribution is 5.79. The lowest BCUT2D eigenvalue weighted by molar-refractivity contribution is 0.321. The lowest BCUT2D eigenvalue weighted by Gasteiger charge is -1.89. The zero-order valence-electron chi connectivity index (χ0n) is 5.08. The molecule has 0 saturated heterocycles. The highest BCUT2D eigenvalue weighted by Gasteiger charge is 1.95. The minimum Gasteiger partial charge on any atom is -0.410 e. The Labute approximate surface area is 57.6 Å². The van der Waals surface area contributed by atoms with Crippen LogP contribution in [0.5, 0.6) is 0 Å². The van der Waals surface area contributed by atoms with E-state index in [0.29, 0.717) is 0 Å². The molecule has 0 aromatic heterocycles. The van der Waals surface area contributed by atoms with Gasteiger partial charge < -0.3 is 5.21 Å². The first-order chi connectivity index (χ1) is 4.84. The summed E-state index contributed by atoms with van der Waals surface area (Å²) in [5.41, 5.74) is 0.157. The lowest BCUT2D eigenvalue weighted by atomic mass is 10.2. The Hall–Kier alpha value is -1.38. The van der Waals surface area contributed by atoms with Crippen LogP contribution in [-0.2, 0) is 0 Å². The maximum atomic E-state index is 12.5. The summed E-state index contributed by atoms with van der Waals surface area (Å²) in [5, 5.41) is 10.6. The van der Waals surface area contributed by atoms with Crippen LogP contribution < -0.4 is 0 Å². The van der Waals surface area contributed by atoms with E-state index in [0.717, 1.165) is 0 Å². The predicted molar refractivity (Wildman–Crippen MR) is 34.7 cm³/mol. The van der Waals surface area contributed by atoms with Gasteiger partial charge in [-0.3, -0.25) is 0 Å². The quantitative estimate of drug-likeness (QED) is 0.356. The first kappa shape index (κ1) is 6.74. The molecule has 3 heteroatoms. The maximum absolute atomic E-state index is 12.5. The predicted octanol–water partition coefficient (Wildman–Crippen LogP) is 1.51. The molecular weight excluding hydrogens is 133 g/mol. The van der Waals surface area contributed by atoms with Gasteiger partial charge in [0.2, 0.25) is 0 Å². The second-order valence-corrected chi connectivity index (χ2v) is 1.69. The van der Waals surface area contributed by atoms with Gasteiger partial charge in [0.1, 0.15) is 12.0 Å². The Kier molecular flexibility index (Phi) is 1.99. The van der Waals surface area contributed by atoms with Crippen molar-refractivity contribution in [2.24, 2.45) is 5.16 Å². The van der Waals surface area contributed by atoms with Crippen LogP contribution in [0.15, 0.2) is 29.4 Å². The molecule has 0 fully saturated rings. The van der Waals surface area contributed by atoms with E-state index in [4.69, 9.17) is 5.21 Å². The molecular formula is C7H5FNO. The molecule has 0 atom stereocenters. The van der Waals surface area contributed by atoms with Crippen LogP contribution in [0.1, 0.15) is 5.56 Å². The summed E-state index contributed by atoms with van der Waals surface area (Å²) in [4.78, 5) is 0. The highest BCUT2D eigenvalue weighted by atomic mass is 19.1. The third kappa shape index (κ3) is 1.31. The largest absolute Gasteiger partial charge is 0.410 e. The van der Waals surface area contributed by atoms with Crippen LogP contribution in [0.25, 0.3) is 0 Å². The first-order valence-electron chi connectivity index (χ1n) is 2.69. The van der Waals surface area contributed by atoms with Crippen molar-refractivity contribution in [3.63, 3.8) is 0 Å². The van der Waals surface area contributed by atoms with E-state index < -0.39 is 5.82 Å². The highest BCUT2D eigenvalue weighted by Crippen LogP contribution is 2.02. The van der Waals surface area contributed by atoms with Crippen LogP contribution in [-0.4, -0.2) is 11.4 Å². The third-order valence-corrected chi connectivity index (χ3v) is 1.04. The summed E-state index contributed by atoms with van der Waals surface area (Å²) in [7, 11) is 0. The number of hydrogen-bond acceptors (Lipinski definition) is 2. The van der Waals surface area contributed by atoms with E-state index in [1.165, 1.54) is 12.1 Å². The van der Waals surface area contributed by atoms with Gasteiger partial charge in [0.25, 0.3) is 0 Å². The molecule has 1 aromatic carbocycles. The Morgan fingerprint density at radius 1 is 1.40 bits per heavy atom. The number of halogens is 1.